The molecule has 118 valence electrons. The summed E-state index contributed by atoms with van der Waals surface area (Å²) in [6.07, 6.45) is 3.58. The van der Waals surface area contributed by atoms with Crippen molar-refractivity contribution in [1.29, 1.82) is 0 Å². The highest BCUT2D eigenvalue weighted by Crippen LogP contribution is 2.24. The Balaban J connectivity index is 2.01. The third kappa shape index (κ3) is 4.20. The molecule has 2 rings (SSSR count). The van der Waals surface area contributed by atoms with Crippen molar-refractivity contribution >= 4 is 5.91 Å². The average Bonchev–Trinajstić information content (AvgIpc) is 2.85. The number of hydrogen-bond acceptors (Lipinski definition) is 3. The van der Waals surface area contributed by atoms with Crippen molar-refractivity contribution in [2.24, 2.45) is 0 Å². The predicted molar refractivity (Wildman–Crippen MR) is 87.7 cm³/mol. The van der Waals surface area contributed by atoms with Crippen LogP contribution < -0.4 is 5.32 Å². The van der Waals surface area contributed by atoms with E-state index in [0.29, 0.717) is 17.3 Å². The molecule has 2 aromatic rings. The number of rotatable bonds is 7. The number of aryl methyl sites for hydroxylation is 2. The Bertz CT molecular complexity index is 632. The van der Waals surface area contributed by atoms with E-state index >= 15 is 0 Å². The zero-order valence-corrected chi connectivity index (χ0v) is 13.6. The highest BCUT2D eigenvalue weighted by Gasteiger charge is 2.15. The molecule has 0 saturated heterocycles. The topological polar surface area (TPSA) is 55.1 Å². The number of carbonyl (C=O) groups is 1. The number of hydrogen-bond donors (Lipinski definition) is 1. The lowest BCUT2D eigenvalue weighted by atomic mass is 10.1. The molecule has 4 heteroatoms. The molecule has 0 fully saturated rings. The molecule has 1 N–H and O–H groups in total. The summed E-state index contributed by atoms with van der Waals surface area (Å²) in [6.45, 7) is 6.76. The van der Waals surface area contributed by atoms with Crippen LogP contribution in [0, 0.1) is 13.8 Å². The molecule has 0 spiro atoms. The molecule has 0 atom stereocenters. The smallest absolute Gasteiger partial charge is 0.226 e. The van der Waals surface area contributed by atoms with Crippen molar-refractivity contribution in [3.05, 3.63) is 41.3 Å². The SMILES string of the molecule is CCCCCNC(=O)Cc1nc(-c2ccccc2C)oc1C. The summed E-state index contributed by atoms with van der Waals surface area (Å²) in [5.41, 5.74) is 2.80. The van der Waals surface area contributed by atoms with Crippen LogP contribution in [0.1, 0.15) is 43.2 Å². The second-order valence-corrected chi connectivity index (χ2v) is 5.57. The van der Waals surface area contributed by atoms with Gasteiger partial charge in [-0.1, -0.05) is 38.0 Å². The van der Waals surface area contributed by atoms with Gasteiger partial charge in [-0.25, -0.2) is 4.98 Å². The Labute approximate surface area is 131 Å². The molecule has 0 aliphatic rings. The van der Waals surface area contributed by atoms with Gasteiger partial charge in [0.15, 0.2) is 0 Å². The van der Waals surface area contributed by atoms with Crippen molar-refractivity contribution in [2.75, 3.05) is 6.54 Å². The van der Waals surface area contributed by atoms with Crippen LogP contribution in [0.3, 0.4) is 0 Å². The zero-order chi connectivity index (χ0) is 15.9. The van der Waals surface area contributed by atoms with Gasteiger partial charge < -0.3 is 9.73 Å². The van der Waals surface area contributed by atoms with Gasteiger partial charge in [0.2, 0.25) is 11.8 Å². The standard InChI is InChI=1S/C18H24N2O2/c1-4-5-8-11-19-17(21)12-16-14(3)22-18(20-16)15-10-7-6-9-13(15)2/h6-7,9-10H,4-5,8,11-12H2,1-3H3,(H,19,21). The van der Waals surface area contributed by atoms with Gasteiger partial charge in [0.1, 0.15) is 5.76 Å². The van der Waals surface area contributed by atoms with Crippen molar-refractivity contribution < 1.29 is 9.21 Å². The number of nitrogens with zero attached hydrogens (tertiary/aromatic N) is 1. The Morgan fingerprint density at radius 1 is 1.23 bits per heavy atom. The van der Waals surface area contributed by atoms with Gasteiger partial charge in [0.25, 0.3) is 0 Å². The number of unbranched alkanes of at least 4 members (excludes halogenated alkanes) is 2. The molecule has 0 unspecified atom stereocenters. The first-order valence-electron chi connectivity index (χ1n) is 7.90. The summed E-state index contributed by atoms with van der Waals surface area (Å²) in [5.74, 6) is 1.30. The van der Waals surface area contributed by atoms with Gasteiger partial charge in [-0.15, -0.1) is 0 Å². The second kappa shape index (κ2) is 7.78. The Morgan fingerprint density at radius 3 is 2.73 bits per heavy atom. The van der Waals surface area contributed by atoms with Crippen LogP contribution in [-0.4, -0.2) is 17.4 Å². The average molecular weight is 300 g/mol. The lowest BCUT2D eigenvalue weighted by molar-refractivity contribution is -0.120. The van der Waals surface area contributed by atoms with Crippen LogP contribution in [0.5, 0.6) is 0 Å². The van der Waals surface area contributed by atoms with E-state index in [-0.39, 0.29) is 12.3 Å². The lowest BCUT2D eigenvalue weighted by Gasteiger charge is -2.03. The molecule has 0 aliphatic heterocycles. The van der Waals surface area contributed by atoms with Crippen LogP contribution in [0.2, 0.25) is 0 Å². The molecule has 0 bridgehead atoms. The number of nitrogens with one attached hydrogen (secondary N) is 1. The minimum atomic E-state index is 0.00355. The molecule has 0 aliphatic carbocycles. The van der Waals surface area contributed by atoms with E-state index in [1.807, 2.05) is 38.1 Å². The number of oxazole rings is 1. The third-order valence-corrected chi connectivity index (χ3v) is 3.70. The summed E-state index contributed by atoms with van der Waals surface area (Å²) in [6, 6.07) is 7.95. The monoisotopic (exact) mass is 300 g/mol. The Morgan fingerprint density at radius 2 is 2.00 bits per heavy atom. The van der Waals surface area contributed by atoms with E-state index in [9.17, 15) is 4.79 Å². The van der Waals surface area contributed by atoms with Crippen LogP contribution in [-0.2, 0) is 11.2 Å². The van der Waals surface area contributed by atoms with Crippen molar-refractivity contribution in [1.82, 2.24) is 10.3 Å². The second-order valence-electron chi connectivity index (χ2n) is 5.57. The molecule has 0 radical (unpaired) electrons. The van der Waals surface area contributed by atoms with E-state index in [4.69, 9.17) is 4.42 Å². The molecule has 0 saturated carbocycles. The fourth-order valence-electron chi connectivity index (χ4n) is 2.34. The largest absolute Gasteiger partial charge is 0.441 e. The summed E-state index contributed by atoms with van der Waals surface area (Å²) in [4.78, 5) is 16.4. The van der Waals surface area contributed by atoms with Gasteiger partial charge in [0, 0.05) is 12.1 Å². The maximum absolute atomic E-state index is 11.9. The van der Waals surface area contributed by atoms with Crippen LogP contribution in [0.4, 0.5) is 0 Å². The number of benzene rings is 1. The van der Waals surface area contributed by atoms with Crippen molar-refractivity contribution in [3.8, 4) is 11.5 Å². The molecular weight excluding hydrogens is 276 g/mol. The summed E-state index contributed by atoms with van der Waals surface area (Å²) in [5, 5.41) is 2.93. The van der Waals surface area contributed by atoms with Gasteiger partial charge >= 0.3 is 0 Å². The minimum Gasteiger partial charge on any atom is -0.441 e. The molecular formula is C18H24N2O2. The zero-order valence-electron chi connectivity index (χ0n) is 13.6. The lowest BCUT2D eigenvalue weighted by Crippen LogP contribution is -2.26. The van der Waals surface area contributed by atoms with Crippen molar-refractivity contribution in [3.63, 3.8) is 0 Å². The van der Waals surface area contributed by atoms with E-state index in [0.717, 1.165) is 36.9 Å². The maximum atomic E-state index is 11.9. The first-order chi connectivity index (χ1) is 10.6. The van der Waals surface area contributed by atoms with Crippen LogP contribution >= 0.6 is 0 Å². The molecule has 22 heavy (non-hydrogen) atoms. The molecule has 1 aromatic heterocycles. The number of carbonyl (C=O) groups excluding carboxylic acids is 1. The first kappa shape index (κ1) is 16.3. The normalized spacial score (nSPS) is 10.7. The number of aromatic nitrogens is 1. The summed E-state index contributed by atoms with van der Waals surface area (Å²) in [7, 11) is 0. The van der Waals surface area contributed by atoms with Crippen molar-refractivity contribution in [2.45, 2.75) is 46.5 Å². The van der Waals surface area contributed by atoms with Gasteiger partial charge in [-0.2, -0.15) is 0 Å². The fraction of sp³-hybridized carbons (Fsp3) is 0.444. The highest BCUT2D eigenvalue weighted by molar-refractivity contribution is 5.78. The van der Waals surface area contributed by atoms with Gasteiger partial charge in [0.05, 0.1) is 12.1 Å². The van der Waals surface area contributed by atoms with Gasteiger partial charge in [-0.05, 0) is 31.9 Å². The molecule has 1 heterocycles. The Hall–Kier alpha value is -2.10. The minimum absolute atomic E-state index is 0.00355. The first-order valence-corrected chi connectivity index (χ1v) is 7.90. The summed E-state index contributed by atoms with van der Waals surface area (Å²) < 4.78 is 5.73. The number of amides is 1. The van der Waals surface area contributed by atoms with E-state index < -0.39 is 0 Å². The van der Waals surface area contributed by atoms with E-state index in [1.165, 1.54) is 0 Å². The Kier molecular flexibility index (Phi) is 5.75. The van der Waals surface area contributed by atoms with Gasteiger partial charge in [-0.3, -0.25) is 4.79 Å². The predicted octanol–water partition coefficient (Wildman–Crippen LogP) is 3.81. The maximum Gasteiger partial charge on any atom is 0.226 e. The molecule has 1 amide bonds. The quantitative estimate of drug-likeness (QED) is 0.791. The van der Waals surface area contributed by atoms with Crippen LogP contribution in [0.15, 0.2) is 28.7 Å². The van der Waals surface area contributed by atoms with E-state index in [2.05, 4.69) is 17.2 Å². The third-order valence-electron chi connectivity index (χ3n) is 3.70. The molecule has 4 nitrogen and oxygen atoms in total. The fourth-order valence-corrected chi connectivity index (χ4v) is 2.34. The van der Waals surface area contributed by atoms with E-state index in [1.54, 1.807) is 0 Å². The highest BCUT2D eigenvalue weighted by atomic mass is 16.4. The summed E-state index contributed by atoms with van der Waals surface area (Å²) >= 11 is 0. The molecule has 1 aromatic carbocycles. The van der Waals surface area contributed by atoms with Crippen LogP contribution in [0.25, 0.3) is 11.5 Å².